The predicted molar refractivity (Wildman–Crippen MR) is 113 cm³/mol. The Morgan fingerprint density at radius 1 is 1.27 bits per heavy atom. The SMILES string of the molecule is CCn1c(=O)n(Cc2cnc(C)s2)c(=O)c2cc(S(=O)(=O)CC3(C#N)CC3)ccc21. The number of thiazole rings is 1. The summed E-state index contributed by atoms with van der Waals surface area (Å²) in [5.74, 6) is -0.260. The Hall–Kier alpha value is -2.77. The molecule has 0 amide bonds. The first-order valence-electron chi connectivity index (χ1n) is 9.52. The van der Waals surface area contributed by atoms with Crippen molar-refractivity contribution in [1.29, 1.82) is 5.26 Å². The number of aryl methyl sites for hydroxylation is 2. The van der Waals surface area contributed by atoms with E-state index in [1.807, 2.05) is 6.92 Å². The molecule has 0 unspecified atom stereocenters. The second-order valence-corrected chi connectivity index (χ2v) is 10.9. The lowest BCUT2D eigenvalue weighted by Gasteiger charge is -2.14. The van der Waals surface area contributed by atoms with Gasteiger partial charge in [0.05, 0.1) is 44.6 Å². The zero-order chi connectivity index (χ0) is 21.7. The molecule has 1 saturated carbocycles. The molecule has 1 aliphatic carbocycles. The second kappa shape index (κ2) is 7.18. The number of fused-ring (bicyclic) bond motifs is 1. The Morgan fingerprint density at radius 3 is 2.57 bits per heavy atom. The molecule has 0 aliphatic heterocycles. The maximum absolute atomic E-state index is 13.1. The number of sulfone groups is 1. The van der Waals surface area contributed by atoms with Gasteiger partial charge in [0.1, 0.15) is 0 Å². The van der Waals surface area contributed by atoms with E-state index in [2.05, 4.69) is 11.1 Å². The molecule has 30 heavy (non-hydrogen) atoms. The lowest BCUT2D eigenvalue weighted by Crippen LogP contribution is -2.40. The van der Waals surface area contributed by atoms with E-state index in [4.69, 9.17) is 0 Å². The van der Waals surface area contributed by atoms with Crippen molar-refractivity contribution in [3.8, 4) is 6.07 Å². The molecule has 0 N–H and O–H groups in total. The summed E-state index contributed by atoms with van der Waals surface area (Å²) in [6, 6.07) is 6.34. The smallest absolute Gasteiger partial charge is 0.293 e. The highest BCUT2D eigenvalue weighted by Gasteiger charge is 2.47. The van der Waals surface area contributed by atoms with E-state index < -0.39 is 26.5 Å². The summed E-state index contributed by atoms with van der Waals surface area (Å²) in [5, 5.41) is 10.2. The van der Waals surface area contributed by atoms with Crippen LogP contribution in [0, 0.1) is 23.7 Å². The highest BCUT2D eigenvalue weighted by molar-refractivity contribution is 7.91. The number of benzene rings is 1. The van der Waals surface area contributed by atoms with Gasteiger partial charge >= 0.3 is 5.69 Å². The van der Waals surface area contributed by atoms with Gasteiger partial charge in [-0.3, -0.25) is 13.9 Å². The van der Waals surface area contributed by atoms with Crippen LogP contribution in [-0.2, 0) is 22.9 Å². The Balaban J connectivity index is 1.88. The molecule has 1 aromatic carbocycles. The molecule has 4 rings (SSSR count). The molecular weight excluding hydrogens is 424 g/mol. The standard InChI is InChI=1S/C20H20N4O4S2/c1-3-23-17-5-4-15(30(27,28)12-20(11-21)6-7-20)8-16(17)18(25)24(19(23)26)10-14-9-22-13(2)29-14/h4-5,8-9H,3,6-7,10,12H2,1-2H3. The lowest BCUT2D eigenvalue weighted by atomic mass is 10.2. The zero-order valence-corrected chi connectivity index (χ0v) is 18.2. The average Bonchev–Trinajstić information content (AvgIpc) is 3.36. The third-order valence-electron chi connectivity index (χ3n) is 5.41. The normalized spacial score (nSPS) is 15.2. The summed E-state index contributed by atoms with van der Waals surface area (Å²) in [6.45, 7) is 4.04. The van der Waals surface area contributed by atoms with Gasteiger partial charge in [-0.1, -0.05) is 0 Å². The molecule has 2 aromatic heterocycles. The Bertz CT molecular complexity index is 1420. The van der Waals surface area contributed by atoms with Crippen LogP contribution in [0.4, 0.5) is 0 Å². The van der Waals surface area contributed by atoms with Crippen molar-refractivity contribution < 1.29 is 8.42 Å². The molecule has 1 aliphatic rings. The Morgan fingerprint density at radius 2 is 2.00 bits per heavy atom. The van der Waals surface area contributed by atoms with Gasteiger partial charge in [-0.15, -0.1) is 11.3 Å². The molecule has 0 radical (unpaired) electrons. The number of nitrogens with zero attached hydrogens (tertiary/aromatic N) is 4. The van der Waals surface area contributed by atoms with Gasteiger partial charge in [-0.05, 0) is 44.9 Å². The van der Waals surface area contributed by atoms with E-state index in [0.29, 0.717) is 24.9 Å². The first-order valence-corrected chi connectivity index (χ1v) is 12.0. The fraction of sp³-hybridized carbons (Fsp3) is 0.400. The first kappa shape index (κ1) is 20.5. The van der Waals surface area contributed by atoms with Gasteiger partial charge in [0, 0.05) is 17.6 Å². The third kappa shape index (κ3) is 3.48. The minimum absolute atomic E-state index is 0.00453. The fourth-order valence-electron chi connectivity index (χ4n) is 3.56. The number of hydrogen-bond donors (Lipinski definition) is 0. The summed E-state index contributed by atoms with van der Waals surface area (Å²) in [5.41, 5.74) is -1.41. The van der Waals surface area contributed by atoms with Crippen molar-refractivity contribution in [2.45, 2.75) is 44.7 Å². The maximum Gasteiger partial charge on any atom is 0.331 e. The van der Waals surface area contributed by atoms with Gasteiger partial charge in [-0.2, -0.15) is 5.26 Å². The van der Waals surface area contributed by atoms with Crippen LogP contribution in [0.15, 0.2) is 38.9 Å². The van der Waals surface area contributed by atoms with Crippen LogP contribution in [0.25, 0.3) is 10.9 Å². The fourth-order valence-corrected chi connectivity index (χ4v) is 6.17. The average molecular weight is 445 g/mol. The number of nitriles is 1. The van der Waals surface area contributed by atoms with Gasteiger partial charge in [0.25, 0.3) is 5.56 Å². The summed E-state index contributed by atoms with van der Waals surface area (Å²) >= 11 is 1.40. The molecule has 0 spiro atoms. The molecule has 2 heterocycles. The zero-order valence-electron chi connectivity index (χ0n) is 16.6. The number of aromatic nitrogens is 3. The monoisotopic (exact) mass is 444 g/mol. The molecular formula is C20H20N4O4S2. The molecule has 10 heteroatoms. The van der Waals surface area contributed by atoms with Gasteiger partial charge in [0.2, 0.25) is 0 Å². The van der Waals surface area contributed by atoms with Crippen molar-refractivity contribution in [2.24, 2.45) is 5.41 Å². The molecule has 0 saturated heterocycles. The molecule has 0 bridgehead atoms. The first-order chi connectivity index (χ1) is 14.2. The van der Waals surface area contributed by atoms with Crippen LogP contribution >= 0.6 is 11.3 Å². The molecule has 3 aromatic rings. The van der Waals surface area contributed by atoms with E-state index in [9.17, 15) is 23.3 Å². The van der Waals surface area contributed by atoms with Crippen molar-refractivity contribution in [2.75, 3.05) is 5.75 Å². The molecule has 156 valence electrons. The van der Waals surface area contributed by atoms with Crippen molar-refractivity contribution >= 4 is 32.1 Å². The van der Waals surface area contributed by atoms with Gasteiger partial charge in [0.15, 0.2) is 9.84 Å². The summed E-state index contributed by atoms with van der Waals surface area (Å²) in [6.07, 6.45) is 2.75. The Kier molecular flexibility index (Phi) is 4.91. The topological polar surface area (TPSA) is 115 Å². The molecule has 8 nitrogen and oxygen atoms in total. The summed E-state index contributed by atoms with van der Waals surface area (Å²) in [4.78, 5) is 31.0. The van der Waals surface area contributed by atoms with Crippen LogP contribution in [0.1, 0.15) is 29.7 Å². The third-order valence-corrected chi connectivity index (χ3v) is 8.21. The quantitative estimate of drug-likeness (QED) is 0.575. The second-order valence-electron chi connectivity index (χ2n) is 7.59. The van der Waals surface area contributed by atoms with Crippen LogP contribution < -0.4 is 11.2 Å². The van der Waals surface area contributed by atoms with Crippen LogP contribution in [0.2, 0.25) is 0 Å². The molecule has 0 atom stereocenters. The van der Waals surface area contributed by atoms with Crippen LogP contribution in [-0.4, -0.2) is 28.3 Å². The predicted octanol–water partition coefficient (Wildman–Crippen LogP) is 2.07. The van der Waals surface area contributed by atoms with E-state index in [1.54, 1.807) is 13.1 Å². The summed E-state index contributed by atoms with van der Waals surface area (Å²) < 4.78 is 28.3. The van der Waals surface area contributed by atoms with Crippen molar-refractivity contribution in [3.63, 3.8) is 0 Å². The number of hydrogen-bond acceptors (Lipinski definition) is 7. The van der Waals surface area contributed by atoms with Crippen molar-refractivity contribution in [1.82, 2.24) is 14.1 Å². The van der Waals surface area contributed by atoms with E-state index in [0.717, 1.165) is 14.5 Å². The Labute approximate surface area is 177 Å². The van der Waals surface area contributed by atoms with Crippen molar-refractivity contribution in [3.05, 3.63) is 55.1 Å². The largest absolute Gasteiger partial charge is 0.331 e. The maximum atomic E-state index is 13.1. The van der Waals surface area contributed by atoms with E-state index in [1.165, 1.54) is 34.1 Å². The molecule has 1 fully saturated rings. The highest BCUT2D eigenvalue weighted by atomic mass is 32.2. The summed E-state index contributed by atoms with van der Waals surface area (Å²) in [7, 11) is -3.74. The van der Waals surface area contributed by atoms with E-state index >= 15 is 0 Å². The van der Waals surface area contributed by atoms with Gasteiger partial charge in [-0.25, -0.2) is 18.2 Å². The minimum atomic E-state index is -3.74. The minimum Gasteiger partial charge on any atom is -0.293 e. The highest BCUT2D eigenvalue weighted by Crippen LogP contribution is 2.46. The number of rotatable bonds is 6. The lowest BCUT2D eigenvalue weighted by molar-refractivity contribution is 0.583. The van der Waals surface area contributed by atoms with Gasteiger partial charge < -0.3 is 0 Å². The van der Waals surface area contributed by atoms with E-state index in [-0.39, 0.29) is 22.6 Å². The van der Waals surface area contributed by atoms with Crippen LogP contribution in [0.3, 0.4) is 0 Å². The van der Waals surface area contributed by atoms with Crippen LogP contribution in [0.5, 0.6) is 0 Å².